The van der Waals surface area contributed by atoms with Gasteiger partial charge in [-0.3, -0.25) is 14.4 Å². The number of carbonyl (C=O) groups is 2. The van der Waals surface area contributed by atoms with E-state index < -0.39 is 29.8 Å². The van der Waals surface area contributed by atoms with E-state index in [1.165, 1.54) is 24.3 Å². The van der Waals surface area contributed by atoms with Crippen LogP contribution in [0.2, 0.25) is 0 Å². The zero-order valence-corrected chi connectivity index (χ0v) is 16.6. The molecule has 0 aliphatic carbocycles. The lowest BCUT2D eigenvalue weighted by molar-refractivity contribution is -0.126. The minimum Gasteiger partial charge on any atom is -0.497 e. The highest BCUT2D eigenvalue weighted by Gasteiger charge is 2.60. The molecular formula is C24H19FN2O4. The molecule has 6 nitrogen and oxygen atoms in total. The maximum Gasteiger partial charge on any atom is 0.266 e. The number of ether oxygens (including phenoxy) is 1. The van der Waals surface area contributed by atoms with Crippen molar-refractivity contribution in [3.63, 3.8) is 0 Å². The highest BCUT2D eigenvalue weighted by atomic mass is 19.1. The van der Waals surface area contributed by atoms with Crippen molar-refractivity contribution < 1.29 is 23.6 Å². The molecule has 2 aliphatic heterocycles. The van der Waals surface area contributed by atoms with E-state index in [1.54, 1.807) is 12.2 Å². The van der Waals surface area contributed by atoms with E-state index in [-0.39, 0.29) is 5.91 Å². The highest BCUT2D eigenvalue weighted by molar-refractivity contribution is 6.23. The first-order chi connectivity index (χ1) is 15.1. The number of carbonyl (C=O) groups excluding carboxylic acids is 2. The molecule has 2 amide bonds. The van der Waals surface area contributed by atoms with E-state index in [4.69, 9.17) is 9.57 Å². The van der Waals surface area contributed by atoms with E-state index in [2.05, 4.69) is 0 Å². The Bertz CT molecular complexity index is 1140. The number of hydrogen-bond acceptors (Lipinski definition) is 5. The molecule has 2 heterocycles. The Morgan fingerprint density at radius 1 is 0.871 bits per heavy atom. The topological polar surface area (TPSA) is 59.1 Å². The molecule has 2 aliphatic rings. The monoisotopic (exact) mass is 418 g/mol. The lowest BCUT2D eigenvalue weighted by atomic mass is 9.90. The predicted molar refractivity (Wildman–Crippen MR) is 112 cm³/mol. The number of hydroxylamine groups is 1. The second kappa shape index (κ2) is 7.52. The number of halogens is 1. The van der Waals surface area contributed by atoms with Crippen LogP contribution in [0.25, 0.3) is 0 Å². The van der Waals surface area contributed by atoms with Gasteiger partial charge in [-0.25, -0.2) is 14.4 Å². The number of anilines is 2. The van der Waals surface area contributed by atoms with Crippen LogP contribution >= 0.6 is 0 Å². The largest absolute Gasteiger partial charge is 0.497 e. The molecule has 0 spiro atoms. The summed E-state index contributed by atoms with van der Waals surface area (Å²) in [5, 5.41) is 1.63. The second-order valence-electron chi connectivity index (χ2n) is 7.42. The molecule has 0 aromatic heterocycles. The standard InChI is InChI=1S/C24H19FN2O4/c1-30-19-9-5-6-15(14-19)21-20-22(31-27(21)18-7-3-2-4-8-18)24(29)26(23(20)28)17-12-10-16(25)11-13-17/h2-14,20-22H,1H3. The van der Waals surface area contributed by atoms with E-state index >= 15 is 0 Å². The molecule has 3 aromatic rings. The zero-order chi connectivity index (χ0) is 21.5. The van der Waals surface area contributed by atoms with E-state index in [1.807, 2.05) is 54.6 Å². The molecule has 7 heteroatoms. The first-order valence-corrected chi connectivity index (χ1v) is 9.87. The maximum atomic E-state index is 13.5. The highest BCUT2D eigenvalue weighted by Crippen LogP contribution is 2.47. The molecule has 31 heavy (non-hydrogen) atoms. The van der Waals surface area contributed by atoms with Crippen LogP contribution in [0.3, 0.4) is 0 Å². The van der Waals surface area contributed by atoms with Crippen molar-refractivity contribution in [1.82, 2.24) is 0 Å². The summed E-state index contributed by atoms with van der Waals surface area (Å²) >= 11 is 0. The van der Waals surface area contributed by atoms with Crippen molar-refractivity contribution in [2.24, 2.45) is 5.92 Å². The minimum absolute atomic E-state index is 0.324. The second-order valence-corrected chi connectivity index (χ2v) is 7.42. The third kappa shape index (κ3) is 3.14. The van der Waals surface area contributed by atoms with Crippen molar-refractivity contribution in [2.45, 2.75) is 12.1 Å². The zero-order valence-electron chi connectivity index (χ0n) is 16.6. The van der Waals surface area contributed by atoms with Crippen molar-refractivity contribution in [2.75, 3.05) is 17.1 Å². The maximum absolute atomic E-state index is 13.5. The number of rotatable bonds is 4. The molecule has 3 aromatic carbocycles. The molecule has 0 radical (unpaired) electrons. The number of imide groups is 1. The number of amides is 2. The Kier molecular flexibility index (Phi) is 4.67. The van der Waals surface area contributed by atoms with Gasteiger partial charge in [0, 0.05) is 0 Å². The van der Waals surface area contributed by atoms with Crippen LogP contribution < -0.4 is 14.7 Å². The average Bonchev–Trinajstić information content (AvgIpc) is 3.31. The molecule has 2 saturated heterocycles. The number of benzene rings is 3. The number of nitrogens with zero attached hydrogens (tertiary/aromatic N) is 2. The summed E-state index contributed by atoms with van der Waals surface area (Å²) in [6, 6.07) is 21.5. The smallest absolute Gasteiger partial charge is 0.266 e. The fraction of sp³-hybridized carbons (Fsp3) is 0.167. The molecule has 0 N–H and O–H groups in total. The van der Waals surface area contributed by atoms with Crippen LogP contribution in [0.1, 0.15) is 11.6 Å². The van der Waals surface area contributed by atoms with Gasteiger partial charge in [-0.2, -0.15) is 0 Å². The summed E-state index contributed by atoms with van der Waals surface area (Å²) in [5.74, 6) is -1.41. The summed E-state index contributed by atoms with van der Waals surface area (Å²) < 4.78 is 18.7. The van der Waals surface area contributed by atoms with Crippen LogP contribution in [0.5, 0.6) is 5.75 Å². The summed E-state index contributed by atoms with van der Waals surface area (Å²) in [5.41, 5.74) is 1.85. The Morgan fingerprint density at radius 3 is 2.32 bits per heavy atom. The van der Waals surface area contributed by atoms with Crippen molar-refractivity contribution in [1.29, 1.82) is 0 Å². The third-order valence-electron chi connectivity index (χ3n) is 5.65. The summed E-state index contributed by atoms with van der Waals surface area (Å²) in [6.07, 6.45) is -0.978. The SMILES string of the molecule is COc1cccc(C2C3C(=O)N(c4ccc(F)cc4)C(=O)C3ON2c2ccccc2)c1. The van der Waals surface area contributed by atoms with Crippen LogP contribution in [0, 0.1) is 11.7 Å². The van der Waals surface area contributed by atoms with E-state index in [9.17, 15) is 14.0 Å². The van der Waals surface area contributed by atoms with Gasteiger partial charge < -0.3 is 4.74 Å². The molecule has 0 saturated carbocycles. The quantitative estimate of drug-likeness (QED) is 0.602. The van der Waals surface area contributed by atoms with E-state index in [0.29, 0.717) is 11.4 Å². The minimum atomic E-state index is -0.978. The number of para-hydroxylation sites is 1. The lowest BCUT2D eigenvalue weighted by Gasteiger charge is -2.29. The van der Waals surface area contributed by atoms with Gasteiger partial charge in [-0.15, -0.1) is 0 Å². The molecule has 3 unspecified atom stereocenters. The van der Waals surface area contributed by atoms with E-state index in [0.717, 1.165) is 16.2 Å². The van der Waals surface area contributed by atoms with Gasteiger partial charge in [-0.1, -0.05) is 30.3 Å². The van der Waals surface area contributed by atoms with Crippen LogP contribution in [0.4, 0.5) is 15.8 Å². The fourth-order valence-corrected chi connectivity index (χ4v) is 4.22. The first-order valence-electron chi connectivity index (χ1n) is 9.87. The van der Waals surface area contributed by atoms with Crippen molar-refractivity contribution in [3.05, 3.63) is 90.2 Å². The summed E-state index contributed by atoms with van der Waals surface area (Å²) in [4.78, 5) is 33.8. The van der Waals surface area contributed by atoms with Gasteiger partial charge in [0.2, 0.25) is 5.91 Å². The molecule has 156 valence electrons. The normalized spacial score (nSPS) is 22.7. The summed E-state index contributed by atoms with van der Waals surface area (Å²) in [7, 11) is 1.57. The number of fused-ring (bicyclic) bond motifs is 1. The lowest BCUT2D eigenvalue weighted by Crippen LogP contribution is -2.37. The van der Waals surface area contributed by atoms with Crippen LogP contribution in [-0.4, -0.2) is 25.0 Å². The predicted octanol–water partition coefficient (Wildman–Crippen LogP) is 3.89. The van der Waals surface area contributed by atoms with Crippen molar-refractivity contribution in [3.8, 4) is 5.75 Å². The fourth-order valence-electron chi connectivity index (χ4n) is 4.22. The molecular weight excluding hydrogens is 399 g/mol. The van der Waals surface area contributed by atoms with Crippen LogP contribution in [0.15, 0.2) is 78.9 Å². The number of hydrogen-bond donors (Lipinski definition) is 0. The Labute approximate surface area is 178 Å². The van der Waals surface area contributed by atoms with Gasteiger partial charge in [0.15, 0.2) is 6.10 Å². The van der Waals surface area contributed by atoms with Crippen molar-refractivity contribution >= 4 is 23.2 Å². The van der Waals surface area contributed by atoms with Gasteiger partial charge in [0.25, 0.3) is 5.91 Å². The Morgan fingerprint density at radius 2 is 1.61 bits per heavy atom. The first kappa shape index (κ1) is 19.3. The Hall–Kier alpha value is -3.71. The number of methoxy groups -OCH3 is 1. The summed E-state index contributed by atoms with van der Waals surface area (Å²) in [6.45, 7) is 0. The Balaban J connectivity index is 1.59. The van der Waals surface area contributed by atoms with Gasteiger partial charge in [0.1, 0.15) is 17.5 Å². The van der Waals surface area contributed by atoms with Gasteiger partial charge in [0.05, 0.1) is 24.5 Å². The molecule has 3 atom stereocenters. The molecule has 0 bridgehead atoms. The molecule has 5 rings (SSSR count). The third-order valence-corrected chi connectivity index (χ3v) is 5.65. The average molecular weight is 418 g/mol. The van der Waals surface area contributed by atoms with Gasteiger partial charge in [-0.05, 0) is 54.1 Å². The van der Waals surface area contributed by atoms with Gasteiger partial charge >= 0.3 is 0 Å². The van der Waals surface area contributed by atoms with Crippen LogP contribution in [-0.2, 0) is 14.4 Å². The molecule has 2 fully saturated rings.